The molecule has 0 radical (unpaired) electrons. The van der Waals surface area contributed by atoms with Crippen molar-refractivity contribution in [1.82, 2.24) is 0 Å². The van der Waals surface area contributed by atoms with Crippen LogP contribution < -0.4 is 4.74 Å². The highest BCUT2D eigenvalue weighted by Crippen LogP contribution is 2.39. The molecular weight excluding hydrogens is 263 g/mol. The van der Waals surface area contributed by atoms with Crippen LogP contribution in [-0.2, 0) is 0 Å². The Kier molecular flexibility index (Phi) is 3.51. The second kappa shape index (κ2) is 4.40. The second-order valence-electron chi connectivity index (χ2n) is 3.26. The molecule has 0 aliphatic rings. The summed E-state index contributed by atoms with van der Waals surface area (Å²) in [6.07, 6.45) is -4.99. The number of benzene rings is 1. The molecule has 0 unspecified atom stereocenters. The highest BCUT2D eigenvalue weighted by molar-refractivity contribution is 6.31. The Bertz CT molecular complexity index is 474. The van der Waals surface area contributed by atoms with E-state index in [0.717, 1.165) is 6.07 Å². The molecule has 8 heteroatoms. The fourth-order valence-corrected chi connectivity index (χ4v) is 1.46. The normalized spacial score (nSPS) is 11.4. The van der Waals surface area contributed by atoms with Gasteiger partial charge in [-0.1, -0.05) is 11.6 Å². The topological polar surface area (TPSA) is 52.4 Å². The Morgan fingerprint density at radius 1 is 1.35 bits per heavy atom. The molecule has 4 nitrogen and oxygen atoms in total. The summed E-state index contributed by atoms with van der Waals surface area (Å²) in [7, 11) is 0. The molecule has 17 heavy (non-hydrogen) atoms. The number of alkyl halides is 3. The highest BCUT2D eigenvalue weighted by Gasteiger charge is 2.36. The molecule has 0 atom stereocenters. The fraction of sp³-hybridized carbons (Fsp3) is 0.333. The molecule has 0 aromatic heterocycles. The van der Waals surface area contributed by atoms with E-state index in [1.165, 1.54) is 13.8 Å². The molecular formula is C9H7ClF3NO3. The summed E-state index contributed by atoms with van der Waals surface area (Å²) in [6, 6.07) is 0.838. The lowest BCUT2D eigenvalue weighted by Gasteiger charge is -2.13. The van der Waals surface area contributed by atoms with Crippen LogP contribution in [0.15, 0.2) is 6.07 Å². The number of rotatable bonds is 2. The van der Waals surface area contributed by atoms with Crippen molar-refractivity contribution in [3.63, 3.8) is 0 Å². The Labute approximate surface area is 99.1 Å². The summed E-state index contributed by atoms with van der Waals surface area (Å²) in [4.78, 5) is 9.65. The molecule has 0 fully saturated rings. The Hall–Kier alpha value is -1.50. The SMILES string of the molecule is Cc1c(Cl)cc([N+](=O)[O-])c(OC(F)(F)F)c1C. The predicted molar refractivity (Wildman–Crippen MR) is 54.3 cm³/mol. The first-order chi connectivity index (χ1) is 7.63. The number of hydrogen-bond donors (Lipinski definition) is 0. The van der Waals surface area contributed by atoms with E-state index < -0.39 is 22.7 Å². The summed E-state index contributed by atoms with van der Waals surface area (Å²) in [5.41, 5.74) is -0.520. The average molecular weight is 270 g/mol. The van der Waals surface area contributed by atoms with Crippen LogP contribution in [0.4, 0.5) is 18.9 Å². The van der Waals surface area contributed by atoms with Crippen LogP contribution in [0.2, 0.25) is 5.02 Å². The number of nitro benzene ring substituents is 1. The molecule has 0 amide bonds. The van der Waals surface area contributed by atoms with Crippen LogP contribution in [0.1, 0.15) is 11.1 Å². The maximum atomic E-state index is 12.1. The first-order valence-corrected chi connectivity index (χ1v) is 4.71. The molecule has 0 spiro atoms. The van der Waals surface area contributed by atoms with Gasteiger partial charge in [-0.2, -0.15) is 0 Å². The fourth-order valence-electron chi connectivity index (χ4n) is 1.22. The van der Waals surface area contributed by atoms with Crippen LogP contribution in [0.3, 0.4) is 0 Å². The van der Waals surface area contributed by atoms with Gasteiger partial charge in [-0.05, 0) is 19.4 Å². The molecule has 0 heterocycles. The van der Waals surface area contributed by atoms with Gasteiger partial charge in [0.15, 0.2) is 0 Å². The number of hydrogen-bond acceptors (Lipinski definition) is 3. The maximum Gasteiger partial charge on any atom is 0.573 e. The van der Waals surface area contributed by atoms with Crippen LogP contribution in [-0.4, -0.2) is 11.3 Å². The van der Waals surface area contributed by atoms with Crippen LogP contribution in [0, 0.1) is 24.0 Å². The van der Waals surface area contributed by atoms with Crippen molar-refractivity contribution in [2.75, 3.05) is 0 Å². The summed E-state index contributed by atoms with van der Waals surface area (Å²) in [6.45, 7) is 2.72. The third-order valence-electron chi connectivity index (χ3n) is 2.17. The summed E-state index contributed by atoms with van der Waals surface area (Å²) < 4.78 is 40.0. The van der Waals surface area contributed by atoms with Crippen molar-refractivity contribution in [1.29, 1.82) is 0 Å². The number of nitrogens with zero attached hydrogens (tertiary/aromatic N) is 1. The van der Waals surface area contributed by atoms with E-state index in [1.807, 2.05) is 0 Å². The van der Waals surface area contributed by atoms with Crippen molar-refractivity contribution in [2.24, 2.45) is 0 Å². The van der Waals surface area contributed by atoms with E-state index in [2.05, 4.69) is 4.74 Å². The molecule has 1 rings (SSSR count). The zero-order chi connectivity index (χ0) is 13.4. The molecule has 0 aliphatic heterocycles. The second-order valence-corrected chi connectivity index (χ2v) is 3.67. The largest absolute Gasteiger partial charge is 0.573 e. The molecule has 0 saturated heterocycles. The van der Waals surface area contributed by atoms with Gasteiger partial charge in [-0.25, -0.2) is 0 Å². The van der Waals surface area contributed by atoms with Crippen molar-refractivity contribution < 1.29 is 22.8 Å². The van der Waals surface area contributed by atoms with Gasteiger partial charge in [0.1, 0.15) is 0 Å². The van der Waals surface area contributed by atoms with Crippen molar-refractivity contribution in [3.05, 3.63) is 32.3 Å². The standard InChI is InChI=1S/C9H7ClF3NO3/c1-4-5(2)8(17-9(11,12)13)7(14(15)16)3-6(4)10/h3H,1-2H3. The maximum absolute atomic E-state index is 12.1. The minimum Gasteiger partial charge on any atom is -0.398 e. The molecule has 1 aromatic rings. The Morgan fingerprint density at radius 2 is 1.88 bits per heavy atom. The van der Waals surface area contributed by atoms with E-state index in [9.17, 15) is 23.3 Å². The third-order valence-corrected chi connectivity index (χ3v) is 2.56. The van der Waals surface area contributed by atoms with Crippen LogP contribution in [0.5, 0.6) is 5.75 Å². The number of nitro groups is 1. The van der Waals surface area contributed by atoms with Gasteiger partial charge in [0, 0.05) is 11.6 Å². The Balaban J connectivity index is 3.44. The van der Waals surface area contributed by atoms with Gasteiger partial charge in [0.2, 0.25) is 5.75 Å². The smallest absolute Gasteiger partial charge is 0.398 e. The predicted octanol–water partition coefficient (Wildman–Crippen LogP) is 3.76. The Morgan fingerprint density at radius 3 is 2.29 bits per heavy atom. The molecule has 0 saturated carbocycles. The minimum atomic E-state index is -4.99. The molecule has 0 N–H and O–H groups in total. The van der Waals surface area contributed by atoms with Gasteiger partial charge in [-0.3, -0.25) is 10.1 Å². The van der Waals surface area contributed by atoms with Gasteiger partial charge >= 0.3 is 12.0 Å². The first kappa shape index (κ1) is 13.6. The summed E-state index contributed by atoms with van der Waals surface area (Å²) >= 11 is 5.67. The quantitative estimate of drug-likeness (QED) is 0.607. The molecule has 0 aliphatic carbocycles. The minimum absolute atomic E-state index is 0.0125. The van der Waals surface area contributed by atoms with Crippen molar-refractivity contribution in [3.8, 4) is 5.75 Å². The lowest BCUT2D eigenvalue weighted by atomic mass is 10.1. The average Bonchev–Trinajstić information content (AvgIpc) is 2.16. The molecule has 1 aromatic carbocycles. The van der Waals surface area contributed by atoms with Crippen molar-refractivity contribution in [2.45, 2.75) is 20.2 Å². The van der Waals surface area contributed by atoms with Crippen LogP contribution in [0.25, 0.3) is 0 Å². The van der Waals surface area contributed by atoms with Gasteiger partial charge in [0.05, 0.1) is 9.95 Å². The lowest BCUT2D eigenvalue weighted by molar-refractivity contribution is -0.388. The number of ether oxygens (including phenoxy) is 1. The van der Waals surface area contributed by atoms with Gasteiger partial charge in [0.25, 0.3) is 0 Å². The van der Waals surface area contributed by atoms with E-state index in [4.69, 9.17) is 11.6 Å². The molecule has 0 bridgehead atoms. The van der Waals surface area contributed by atoms with Crippen molar-refractivity contribution >= 4 is 17.3 Å². The van der Waals surface area contributed by atoms with E-state index in [0.29, 0.717) is 5.56 Å². The highest BCUT2D eigenvalue weighted by atomic mass is 35.5. The van der Waals surface area contributed by atoms with E-state index in [-0.39, 0.29) is 10.6 Å². The monoisotopic (exact) mass is 269 g/mol. The van der Waals surface area contributed by atoms with Crippen LogP contribution >= 0.6 is 11.6 Å². The summed E-state index contributed by atoms with van der Waals surface area (Å²) in [5.74, 6) is -0.829. The molecule has 94 valence electrons. The van der Waals surface area contributed by atoms with E-state index in [1.54, 1.807) is 0 Å². The lowest BCUT2D eigenvalue weighted by Crippen LogP contribution is -2.19. The first-order valence-electron chi connectivity index (χ1n) is 4.33. The zero-order valence-corrected chi connectivity index (χ0v) is 9.52. The van der Waals surface area contributed by atoms with E-state index >= 15 is 0 Å². The zero-order valence-electron chi connectivity index (χ0n) is 8.76. The number of halogens is 4. The van der Waals surface area contributed by atoms with Gasteiger partial charge < -0.3 is 4.74 Å². The summed E-state index contributed by atoms with van der Waals surface area (Å²) in [5, 5.41) is 10.6. The third kappa shape index (κ3) is 3.00. The van der Waals surface area contributed by atoms with Gasteiger partial charge in [-0.15, -0.1) is 13.2 Å².